The van der Waals surface area contributed by atoms with Crippen molar-refractivity contribution in [1.29, 1.82) is 0 Å². The van der Waals surface area contributed by atoms with Gasteiger partial charge in [0.15, 0.2) is 5.78 Å². The molecule has 0 aromatic heterocycles. The van der Waals surface area contributed by atoms with Gasteiger partial charge < -0.3 is 14.8 Å². The quantitative estimate of drug-likeness (QED) is 0.500. The summed E-state index contributed by atoms with van der Waals surface area (Å²) in [6.07, 6.45) is 5.34. The fourth-order valence-electron chi connectivity index (χ4n) is 5.34. The standard InChI is InChI=1S/C26H30ClNO5/c1-14-13-19-23(24(29)20(14)25(30)32-3)22(16-9-11-17(27)12-10-16)21(15(2)28-19)26(31)33-18-7-5-4-6-8-18/h9-12,14,18,20,22,28H,4-8,13H2,1-3H3/t14-,20-,22-/m0/s1. The third-order valence-corrected chi connectivity index (χ3v) is 7.24. The van der Waals surface area contributed by atoms with Crippen molar-refractivity contribution in [3.05, 3.63) is 57.4 Å². The van der Waals surface area contributed by atoms with Crippen molar-refractivity contribution in [2.75, 3.05) is 7.11 Å². The van der Waals surface area contributed by atoms with E-state index in [0.717, 1.165) is 43.4 Å². The Labute approximate surface area is 199 Å². The van der Waals surface area contributed by atoms with Gasteiger partial charge in [-0.2, -0.15) is 0 Å². The van der Waals surface area contributed by atoms with Crippen molar-refractivity contribution in [2.45, 2.75) is 64.4 Å². The van der Waals surface area contributed by atoms with E-state index in [9.17, 15) is 14.4 Å². The molecule has 1 fully saturated rings. The molecular weight excluding hydrogens is 442 g/mol. The van der Waals surface area contributed by atoms with Crippen LogP contribution in [0.2, 0.25) is 5.02 Å². The van der Waals surface area contributed by atoms with Crippen LogP contribution in [0.5, 0.6) is 0 Å². The number of nitrogens with one attached hydrogen (secondary N) is 1. The molecule has 0 bridgehead atoms. The molecule has 3 aliphatic rings. The van der Waals surface area contributed by atoms with Gasteiger partial charge in [-0.1, -0.05) is 37.1 Å². The average Bonchev–Trinajstić information content (AvgIpc) is 2.79. The number of ether oxygens (including phenoxy) is 2. The van der Waals surface area contributed by atoms with Crippen molar-refractivity contribution in [3.8, 4) is 0 Å². The van der Waals surface area contributed by atoms with Crippen LogP contribution in [0.3, 0.4) is 0 Å². The summed E-state index contributed by atoms with van der Waals surface area (Å²) in [5, 5.41) is 3.86. The summed E-state index contributed by atoms with van der Waals surface area (Å²) >= 11 is 6.12. The molecule has 33 heavy (non-hydrogen) atoms. The second-order valence-electron chi connectivity index (χ2n) is 9.25. The Hall–Kier alpha value is -2.60. The molecule has 1 N–H and O–H groups in total. The van der Waals surface area contributed by atoms with Gasteiger partial charge in [0.05, 0.1) is 12.7 Å². The summed E-state index contributed by atoms with van der Waals surface area (Å²) in [5.74, 6) is -3.03. The summed E-state index contributed by atoms with van der Waals surface area (Å²) in [5.41, 5.74) is 3.03. The molecule has 4 rings (SSSR count). The highest BCUT2D eigenvalue weighted by Crippen LogP contribution is 2.45. The Morgan fingerprint density at radius 2 is 1.76 bits per heavy atom. The Morgan fingerprint density at radius 1 is 1.09 bits per heavy atom. The normalized spacial score (nSPS) is 25.9. The first-order valence-electron chi connectivity index (χ1n) is 11.6. The Kier molecular flexibility index (Phi) is 6.94. The molecule has 3 atom stereocenters. The van der Waals surface area contributed by atoms with Crippen LogP contribution in [0.1, 0.15) is 63.9 Å². The number of ketones is 1. The Morgan fingerprint density at radius 3 is 2.39 bits per heavy atom. The zero-order valence-corrected chi connectivity index (χ0v) is 20.0. The molecule has 1 saturated carbocycles. The lowest BCUT2D eigenvalue weighted by atomic mass is 9.69. The lowest BCUT2D eigenvalue weighted by Gasteiger charge is -2.38. The monoisotopic (exact) mass is 471 g/mol. The van der Waals surface area contributed by atoms with E-state index in [1.54, 1.807) is 12.1 Å². The van der Waals surface area contributed by atoms with Gasteiger partial charge in [-0.3, -0.25) is 9.59 Å². The zero-order valence-electron chi connectivity index (χ0n) is 19.3. The number of rotatable bonds is 4. The number of hydrogen-bond donors (Lipinski definition) is 1. The highest BCUT2D eigenvalue weighted by molar-refractivity contribution is 6.30. The molecule has 0 amide bonds. The third-order valence-electron chi connectivity index (χ3n) is 6.99. The van der Waals surface area contributed by atoms with E-state index < -0.39 is 23.8 Å². The Balaban J connectivity index is 1.77. The predicted octanol–water partition coefficient (Wildman–Crippen LogP) is 4.83. The lowest BCUT2D eigenvalue weighted by Crippen LogP contribution is -2.43. The minimum atomic E-state index is -0.903. The summed E-state index contributed by atoms with van der Waals surface area (Å²) in [7, 11) is 1.29. The number of allylic oxidation sites excluding steroid dienone is 3. The van der Waals surface area contributed by atoms with Crippen molar-refractivity contribution in [2.24, 2.45) is 11.8 Å². The minimum absolute atomic E-state index is 0.113. The van der Waals surface area contributed by atoms with Gasteiger partial charge in [-0.05, 0) is 62.6 Å². The minimum Gasteiger partial charge on any atom is -0.468 e. The first kappa shape index (κ1) is 23.6. The van der Waals surface area contributed by atoms with E-state index in [0.29, 0.717) is 28.3 Å². The molecule has 0 unspecified atom stereocenters. The summed E-state index contributed by atoms with van der Waals surface area (Å²) in [6.45, 7) is 3.71. The molecule has 1 aromatic rings. The van der Waals surface area contributed by atoms with Crippen LogP contribution < -0.4 is 5.32 Å². The van der Waals surface area contributed by atoms with E-state index in [-0.39, 0.29) is 17.8 Å². The second kappa shape index (κ2) is 9.72. The number of Topliss-reactive ketones (excluding diaryl/α,β-unsaturated/α-hetero) is 1. The summed E-state index contributed by atoms with van der Waals surface area (Å²) < 4.78 is 10.9. The van der Waals surface area contributed by atoms with E-state index in [1.165, 1.54) is 7.11 Å². The van der Waals surface area contributed by atoms with Gasteiger partial charge in [0.2, 0.25) is 0 Å². The number of dihydropyridines is 1. The van der Waals surface area contributed by atoms with E-state index in [4.69, 9.17) is 21.1 Å². The fourth-order valence-corrected chi connectivity index (χ4v) is 5.46. The molecule has 176 valence electrons. The molecule has 1 heterocycles. The number of carbonyl (C=O) groups is 3. The van der Waals surface area contributed by atoms with Crippen LogP contribution in [-0.4, -0.2) is 30.9 Å². The van der Waals surface area contributed by atoms with Crippen LogP contribution in [0.25, 0.3) is 0 Å². The Bertz CT molecular complexity index is 1020. The maximum absolute atomic E-state index is 13.7. The van der Waals surface area contributed by atoms with Crippen LogP contribution in [0.15, 0.2) is 46.8 Å². The first-order chi connectivity index (χ1) is 15.8. The van der Waals surface area contributed by atoms with Gasteiger partial charge in [-0.15, -0.1) is 0 Å². The van der Waals surface area contributed by atoms with Crippen LogP contribution in [0.4, 0.5) is 0 Å². The van der Waals surface area contributed by atoms with Crippen LogP contribution >= 0.6 is 11.6 Å². The maximum atomic E-state index is 13.7. The van der Waals surface area contributed by atoms with Crippen LogP contribution in [0, 0.1) is 11.8 Å². The molecule has 0 spiro atoms. The molecule has 0 saturated heterocycles. The predicted molar refractivity (Wildman–Crippen MR) is 124 cm³/mol. The number of methoxy groups -OCH3 is 1. The number of hydrogen-bond acceptors (Lipinski definition) is 6. The molecular formula is C26H30ClNO5. The maximum Gasteiger partial charge on any atom is 0.337 e. The fraction of sp³-hybridized carbons (Fsp3) is 0.500. The first-order valence-corrected chi connectivity index (χ1v) is 12.0. The second-order valence-corrected chi connectivity index (χ2v) is 9.69. The van der Waals surface area contributed by atoms with Gasteiger partial charge in [0.1, 0.15) is 12.0 Å². The molecule has 0 radical (unpaired) electrons. The van der Waals surface area contributed by atoms with Gasteiger partial charge in [0, 0.05) is 27.9 Å². The molecule has 1 aliphatic heterocycles. The van der Waals surface area contributed by atoms with Crippen LogP contribution in [-0.2, 0) is 23.9 Å². The lowest BCUT2D eigenvalue weighted by molar-refractivity contribution is -0.151. The molecule has 1 aromatic carbocycles. The number of benzene rings is 1. The summed E-state index contributed by atoms with van der Waals surface area (Å²) in [6, 6.07) is 7.13. The van der Waals surface area contributed by atoms with Crippen molar-refractivity contribution in [1.82, 2.24) is 5.32 Å². The van der Waals surface area contributed by atoms with Crippen molar-refractivity contribution in [3.63, 3.8) is 0 Å². The zero-order chi connectivity index (χ0) is 23.7. The number of esters is 2. The molecule has 6 nitrogen and oxygen atoms in total. The number of halogens is 1. The van der Waals surface area contributed by atoms with Gasteiger partial charge >= 0.3 is 11.9 Å². The topological polar surface area (TPSA) is 81.7 Å². The van der Waals surface area contributed by atoms with E-state index in [2.05, 4.69) is 5.32 Å². The van der Waals surface area contributed by atoms with Gasteiger partial charge in [-0.25, -0.2) is 4.79 Å². The molecule has 2 aliphatic carbocycles. The molecule has 7 heteroatoms. The average molecular weight is 472 g/mol. The largest absolute Gasteiger partial charge is 0.468 e. The smallest absolute Gasteiger partial charge is 0.337 e. The van der Waals surface area contributed by atoms with E-state index >= 15 is 0 Å². The van der Waals surface area contributed by atoms with Crippen molar-refractivity contribution < 1.29 is 23.9 Å². The van der Waals surface area contributed by atoms with Crippen molar-refractivity contribution >= 4 is 29.3 Å². The van der Waals surface area contributed by atoms with E-state index in [1.807, 2.05) is 26.0 Å². The van der Waals surface area contributed by atoms with Gasteiger partial charge in [0.25, 0.3) is 0 Å². The highest BCUT2D eigenvalue weighted by Gasteiger charge is 2.47. The highest BCUT2D eigenvalue weighted by atomic mass is 35.5. The number of carbonyl (C=O) groups excluding carboxylic acids is 3. The SMILES string of the molecule is COC(=O)[C@@H]1C(=O)C2=C(C[C@@H]1C)NC(C)=C(C(=O)OC1CCCCC1)[C@@H]2c1ccc(Cl)cc1. The summed E-state index contributed by atoms with van der Waals surface area (Å²) in [4.78, 5) is 39.6. The third kappa shape index (κ3) is 4.58.